The van der Waals surface area contributed by atoms with E-state index in [-0.39, 0.29) is 6.08 Å². The number of aliphatic hydroxyl groups is 1. The molecule has 1 aromatic carbocycles. The number of carbonyl (C=O) groups excluding carboxylic acids is 1. The third kappa shape index (κ3) is 4.28. The first-order chi connectivity index (χ1) is 9.34. The lowest BCUT2D eigenvalue weighted by Gasteiger charge is -2.12. The van der Waals surface area contributed by atoms with Gasteiger partial charge in [0.05, 0.1) is 21.2 Å². The van der Waals surface area contributed by atoms with Crippen LogP contribution in [0.5, 0.6) is 0 Å². The van der Waals surface area contributed by atoms with E-state index in [1.54, 1.807) is 0 Å². The Bertz CT molecular complexity index is 581. The zero-order chi connectivity index (χ0) is 16.6. The maximum Gasteiger partial charge on any atom is 0.454 e. The van der Waals surface area contributed by atoms with Gasteiger partial charge in [-0.15, -0.1) is 0 Å². The molecule has 0 bridgehead atoms. The van der Waals surface area contributed by atoms with Gasteiger partial charge in [0.2, 0.25) is 0 Å². The molecule has 0 radical (unpaired) electrons. The van der Waals surface area contributed by atoms with Gasteiger partial charge in [0.25, 0.3) is 5.78 Å². The van der Waals surface area contributed by atoms with E-state index in [1.807, 2.05) is 0 Å². The fourth-order valence-electron chi connectivity index (χ4n) is 1.26. The molecular weight excluding hydrogens is 349 g/mol. The highest BCUT2D eigenvalue weighted by atomic mass is 35.5. The van der Waals surface area contributed by atoms with Crippen LogP contribution in [0.2, 0.25) is 10.0 Å². The molecule has 116 valence electrons. The number of allylic oxidation sites excluding steroid dienone is 1. The van der Waals surface area contributed by atoms with Gasteiger partial charge in [-0.2, -0.15) is 26.3 Å². The molecule has 0 fully saturated rings. The van der Waals surface area contributed by atoms with E-state index in [1.165, 1.54) is 0 Å². The van der Waals surface area contributed by atoms with Gasteiger partial charge in [0, 0.05) is 6.08 Å². The molecule has 0 heterocycles. The molecule has 10 heteroatoms. The molecule has 2 nitrogen and oxygen atoms in total. The second kappa shape index (κ2) is 5.76. The minimum atomic E-state index is -5.25. The van der Waals surface area contributed by atoms with E-state index in [4.69, 9.17) is 23.2 Å². The summed E-state index contributed by atoms with van der Waals surface area (Å²) in [7, 11) is 0. The van der Waals surface area contributed by atoms with Crippen molar-refractivity contribution in [3.8, 4) is 0 Å². The first kappa shape index (κ1) is 17.6. The smallest absolute Gasteiger partial charge is 0.454 e. The van der Waals surface area contributed by atoms with Crippen LogP contribution in [0.1, 0.15) is 11.1 Å². The highest BCUT2D eigenvalue weighted by molar-refractivity contribution is 6.37. The van der Waals surface area contributed by atoms with Crippen LogP contribution >= 0.6 is 23.2 Å². The molecule has 21 heavy (non-hydrogen) atoms. The third-order valence-corrected chi connectivity index (χ3v) is 2.77. The number of benzene rings is 1. The van der Waals surface area contributed by atoms with Crippen molar-refractivity contribution in [1.82, 2.24) is 0 Å². The number of ketones is 1. The van der Waals surface area contributed by atoms with Crippen LogP contribution in [0.4, 0.5) is 26.3 Å². The minimum absolute atomic E-state index is 0.222. The number of hydrogen-bond donors (Lipinski definition) is 1. The van der Waals surface area contributed by atoms with E-state index in [0.717, 1.165) is 0 Å². The summed E-state index contributed by atoms with van der Waals surface area (Å²) < 4.78 is 73.4. The maximum absolute atomic E-state index is 12.4. The molecule has 0 aromatic heterocycles. The van der Waals surface area contributed by atoms with Crippen molar-refractivity contribution in [2.45, 2.75) is 12.4 Å². The molecule has 0 aliphatic carbocycles. The molecule has 0 saturated heterocycles. The number of aliphatic hydroxyl groups excluding tert-OH is 1. The largest absolute Gasteiger partial charge is 0.507 e. The van der Waals surface area contributed by atoms with Crippen LogP contribution in [0.15, 0.2) is 18.2 Å². The Morgan fingerprint density at radius 3 is 1.81 bits per heavy atom. The fraction of sp³-hybridized carbons (Fsp3) is 0.182. The van der Waals surface area contributed by atoms with Crippen LogP contribution in [-0.2, 0) is 11.0 Å². The van der Waals surface area contributed by atoms with Crippen LogP contribution in [0.3, 0.4) is 0 Å². The molecule has 0 aliphatic rings. The summed E-state index contributed by atoms with van der Waals surface area (Å²) in [5.41, 5.74) is -1.96. The van der Waals surface area contributed by atoms with Gasteiger partial charge in [-0.25, -0.2) is 0 Å². The molecular formula is C11H4Cl2F6O2. The van der Waals surface area contributed by atoms with Gasteiger partial charge in [0.15, 0.2) is 0 Å². The molecule has 0 atom stereocenters. The first-order valence-electron chi connectivity index (χ1n) is 4.92. The van der Waals surface area contributed by atoms with Crippen LogP contribution in [0, 0.1) is 0 Å². The Morgan fingerprint density at radius 2 is 1.48 bits per heavy atom. The zero-order valence-corrected chi connectivity index (χ0v) is 11.1. The quantitative estimate of drug-likeness (QED) is 0.459. The van der Waals surface area contributed by atoms with E-state index in [0.29, 0.717) is 12.1 Å². The summed E-state index contributed by atoms with van der Waals surface area (Å²) in [6.45, 7) is 0. The Balaban J connectivity index is 3.33. The number of halogens is 8. The van der Waals surface area contributed by atoms with Crippen molar-refractivity contribution in [2.75, 3.05) is 0 Å². The van der Waals surface area contributed by atoms with E-state index < -0.39 is 45.1 Å². The molecule has 1 rings (SSSR count). The van der Waals surface area contributed by atoms with Gasteiger partial charge in [-0.05, 0) is 12.1 Å². The van der Waals surface area contributed by atoms with Crippen LogP contribution in [-0.4, -0.2) is 17.1 Å². The van der Waals surface area contributed by atoms with E-state index in [2.05, 4.69) is 0 Å². The Morgan fingerprint density at radius 1 is 1.05 bits per heavy atom. The van der Waals surface area contributed by atoms with Gasteiger partial charge < -0.3 is 5.11 Å². The monoisotopic (exact) mass is 352 g/mol. The topological polar surface area (TPSA) is 37.3 Å². The predicted octanol–water partition coefficient (Wildman–Crippen LogP) is 5.04. The zero-order valence-electron chi connectivity index (χ0n) is 9.61. The fourth-order valence-corrected chi connectivity index (χ4v) is 1.94. The van der Waals surface area contributed by atoms with Crippen molar-refractivity contribution >= 4 is 34.7 Å². The lowest BCUT2D eigenvalue weighted by atomic mass is 10.1. The van der Waals surface area contributed by atoms with Crippen molar-refractivity contribution in [2.24, 2.45) is 0 Å². The van der Waals surface area contributed by atoms with Crippen molar-refractivity contribution in [3.05, 3.63) is 39.4 Å². The number of hydrogen-bond acceptors (Lipinski definition) is 2. The number of rotatable bonds is 2. The summed E-state index contributed by atoms with van der Waals surface area (Å²) in [5, 5.41) is 7.90. The summed E-state index contributed by atoms with van der Waals surface area (Å²) in [5.74, 6) is -3.70. The SMILES string of the molecule is O=C(/C=C(\O)c1c(Cl)cc(C(F)(F)F)cc1Cl)C(F)(F)F. The van der Waals surface area contributed by atoms with Crippen molar-refractivity contribution < 1.29 is 36.2 Å². The molecule has 0 aliphatic heterocycles. The van der Waals surface area contributed by atoms with Crippen molar-refractivity contribution in [3.63, 3.8) is 0 Å². The van der Waals surface area contributed by atoms with Crippen LogP contribution in [0.25, 0.3) is 5.76 Å². The van der Waals surface area contributed by atoms with E-state index >= 15 is 0 Å². The average Bonchev–Trinajstić information content (AvgIpc) is 2.24. The average molecular weight is 353 g/mol. The van der Waals surface area contributed by atoms with Gasteiger partial charge >= 0.3 is 12.4 Å². The Hall–Kier alpha value is -1.41. The van der Waals surface area contributed by atoms with Crippen LogP contribution < -0.4 is 0 Å². The standard InChI is InChI=1S/C11H4Cl2F6O2/c12-5-1-4(10(14,15)16)2-6(13)9(5)7(20)3-8(21)11(17,18)19/h1-3,20H/b7-3-. The highest BCUT2D eigenvalue weighted by Gasteiger charge is 2.37. The lowest BCUT2D eigenvalue weighted by molar-refractivity contribution is -0.165. The Labute approximate surface area is 123 Å². The summed E-state index contributed by atoms with van der Waals surface area (Å²) in [6, 6.07) is 0.732. The summed E-state index contributed by atoms with van der Waals surface area (Å²) in [4.78, 5) is 10.7. The van der Waals surface area contributed by atoms with E-state index in [9.17, 15) is 36.2 Å². The third-order valence-electron chi connectivity index (χ3n) is 2.17. The number of alkyl halides is 6. The number of carbonyl (C=O) groups is 1. The second-order valence-corrected chi connectivity index (χ2v) is 4.52. The normalized spacial score (nSPS) is 13.4. The minimum Gasteiger partial charge on any atom is -0.507 e. The lowest BCUT2D eigenvalue weighted by Crippen LogP contribution is -2.20. The van der Waals surface area contributed by atoms with Gasteiger partial charge in [-0.1, -0.05) is 23.2 Å². The predicted molar refractivity (Wildman–Crippen MR) is 63.1 cm³/mol. The van der Waals surface area contributed by atoms with Gasteiger partial charge in [0.1, 0.15) is 5.76 Å². The molecule has 1 aromatic rings. The molecule has 0 unspecified atom stereocenters. The van der Waals surface area contributed by atoms with Crippen molar-refractivity contribution in [1.29, 1.82) is 0 Å². The molecule has 0 spiro atoms. The maximum atomic E-state index is 12.4. The highest BCUT2D eigenvalue weighted by Crippen LogP contribution is 2.38. The Kier molecular flexibility index (Phi) is 4.84. The summed E-state index contributed by atoms with van der Waals surface area (Å²) >= 11 is 10.9. The first-order valence-corrected chi connectivity index (χ1v) is 5.68. The molecule has 0 saturated carbocycles. The van der Waals surface area contributed by atoms with Gasteiger partial charge in [-0.3, -0.25) is 4.79 Å². The molecule has 1 N–H and O–H groups in total. The summed E-state index contributed by atoms with van der Waals surface area (Å²) in [6.07, 6.45) is -10.3. The second-order valence-electron chi connectivity index (χ2n) is 3.70. The molecule has 0 amide bonds.